The van der Waals surface area contributed by atoms with Gasteiger partial charge in [0.05, 0.1) is 11.1 Å². The molecule has 6 aromatic carbocycles. The van der Waals surface area contributed by atoms with Crippen molar-refractivity contribution in [1.29, 1.82) is 0 Å². The fourth-order valence-corrected chi connectivity index (χ4v) is 8.62. The molecular weight excluding hydrogens is 841 g/mol. The van der Waals surface area contributed by atoms with Crippen LogP contribution < -0.4 is 9.47 Å². The molecule has 6 aromatic rings. The smallest absolute Gasteiger partial charge is 0.343 e. The third kappa shape index (κ3) is 10.6. The van der Waals surface area contributed by atoms with Gasteiger partial charge in [0.2, 0.25) is 0 Å². The third-order valence-corrected chi connectivity index (χ3v) is 13.0. The molecule has 6 heteroatoms. The number of hydrogen-bond acceptors (Lipinski definition) is 6. The Morgan fingerprint density at radius 1 is 0.412 bits per heavy atom. The highest BCUT2D eigenvalue weighted by molar-refractivity contribution is 5.92. The van der Waals surface area contributed by atoms with E-state index in [2.05, 4.69) is 119 Å². The Balaban J connectivity index is 1.56. The summed E-state index contributed by atoms with van der Waals surface area (Å²) in [5, 5.41) is 25.3. The minimum atomic E-state index is -0.558. The molecular formula is C62H64O6. The lowest BCUT2D eigenvalue weighted by molar-refractivity contribution is 0.0722. The summed E-state index contributed by atoms with van der Waals surface area (Å²) in [7, 11) is 0. The number of hydrogen-bond donors (Lipinski definition) is 2. The molecule has 0 fully saturated rings. The normalized spacial score (nSPS) is 13.0. The summed E-state index contributed by atoms with van der Waals surface area (Å²) in [6, 6.07) is 29.9. The fourth-order valence-electron chi connectivity index (χ4n) is 8.62. The Morgan fingerprint density at radius 3 is 0.838 bits per heavy atom. The zero-order valence-corrected chi connectivity index (χ0v) is 41.7. The van der Waals surface area contributed by atoms with Crippen LogP contribution in [0.4, 0.5) is 0 Å². The summed E-state index contributed by atoms with van der Waals surface area (Å²) >= 11 is 0. The van der Waals surface area contributed by atoms with Crippen molar-refractivity contribution in [2.75, 3.05) is 0 Å². The van der Waals surface area contributed by atoms with Gasteiger partial charge in [0, 0.05) is 59.1 Å². The highest BCUT2D eigenvalue weighted by atomic mass is 16.5. The number of carbonyl (C=O) groups excluding carboxylic acids is 2. The summed E-state index contributed by atoms with van der Waals surface area (Å²) < 4.78 is 13.1. The number of rotatable bonds is 4. The van der Waals surface area contributed by atoms with E-state index in [0.29, 0.717) is 78.3 Å². The van der Waals surface area contributed by atoms with Crippen LogP contribution in [-0.2, 0) is 47.3 Å². The average molecular weight is 905 g/mol. The molecule has 0 amide bonds. The van der Waals surface area contributed by atoms with Gasteiger partial charge in [-0.1, -0.05) is 143 Å². The summed E-state index contributed by atoms with van der Waals surface area (Å²) in [4.78, 5) is 28.5. The average Bonchev–Trinajstić information content (AvgIpc) is 3.26. The number of carbonyl (C=O) groups is 2. The Hall–Kier alpha value is -7.02. The fraction of sp³-hybridized carbons (Fsp3) is 0.323. The molecule has 348 valence electrons. The van der Waals surface area contributed by atoms with Crippen molar-refractivity contribution in [3.05, 3.63) is 186 Å². The van der Waals surface area contributed by atoms with Crippen molar-refractivity contribution in [1.82, 2.24) is 0 Å². The molecule has 7 rings (SSSR count). The highest BCUT2D eigenvalue weighted by Gasteiger charge is 2.30. The quantitative estimate of drug-likeness (QED) is 0.104. The molecule has 8 bridgehead atoms. The first-order valence-corrected chi connectivity index (χ1v) is 23.3. The van der Waals surface area contributed by atoms with Crippen LogP contribution in [0.25, 0.3) is 0 Å². The molecule has 6 nitrogen and oxygen atoms in total. The minimum Gasteiger partial charge on any atom is -0.507 e. The largest absolute Gasteiger partial charge is 0.507 e. The Morgan fingerprint density at radius 2 is 0.632 bits per heavy atom. The van der Waals surface area contributed by atoms with Gasteiger partial charge in [-0.05, 0) is 115 Å². The van der Waals surface area contributed by atoms with Crippen LogP contribution in [0.2, 0.25) is 0 Å². The number of phenols is 2. The molecule has 2 N–H and O–H groups in total. The van der Waals surface area contributed by atoms with Crippen LogP contribution >= 0.6 is 0 Å². The summed E-state index contributed by atoms with van der Waals surface area (Å²) in [5.41, 5.74) is 10.0. The molecule has 1 aliphatic rings. The van der Waals surface area contributed by atoms with Crippen molar-refractivity contribution in [3.63, 3.8) is 0 Å². The standard InChI is InChI=1S/C62H64O6/c1-15-37-17-21-39(22-18-37)57(65)67-55-45-25-41-29-49(59(3,4)5)31-43(53(41)63)27-47-35-52(62(12,13)14)36-48(56(47)68-58(66)40-23-19-38(16-2)20-24-40)28-44-32-50(60(6,7)8)30-42(54(44)64)26-46(55)34-51(33-45)61(9,10)11/h1-2,17-24,29-36,63-64H,25-28H2,3-14H3. The predicted molar refractivity (Wildman–Crippen MR) is 274 cm³/mol. The maximum atomic E-state index is 14.3. The van der Waals surface area contributed by atoms with Gasteiger partial charge in [0.1, 0.15) is 23.0 Å². The Kier molecular flexibility index (Phi) is 13.1. The first kappa shape index (κ1) is 48.9. The van der Waals surface area contributed by atoms with Crippen LogP contribution in [0.1, 0.15) is 182 Å². The minimum absolute atomic E-state index is 0.0949. The zero-order chi connectivity index (χ0) is 49.7. The van der Waals surface area contributed by atoms with Gasteiger partial charge >= 0.3 is 11.9 Å². The van der Waals surface area contributed by atoms with E-state index in [4.69, 9.17) is 22.3 Å². The van der Waals surface area contributed by atoms with Crippen molar-refractivity contribution in [2.45, 2.75) is 130 Å². The predicted octanol–water partition coefficient (Wildman–Crippen LogP) is 13.4. The molecule has 0 saturated heterocycles. The lowest BCUT2D eigenvalue weighted by Crippen LogP contribution is -2.18. The summed E-state index contributed by atoms with van der Waals surface area (Å²) in [6.07, 6.45) is 12.1. The number of aromatic hydroxyl groups is 2. The number of esters is 2. The first-order chi connectivity index (χ1) is 31.7. The number of terminal acetylenes is 2. The zero-order valence-electron chi connectivity index (χ0n) is 41.7. The number of ether oxygens (including phenoxy) is 2. The molecule has 0 aliphatic heterocycles. The number of benzene rings is 6. The van der Waals surface area contributed by atoms with Gasteiger partial charge in [0.25, 0.3) is 0 Å². The van der Waals surface area contributed by atoms with E-state index >= 15 is 0 Å². The van der Waals surface area contributed by atoms with E-state index < -0.39 is 11.9 Å². The topological polar surface area (TPSA) is 93.1 Å². The summed E-state index contributed by atoms with van der Waals surface area (Å²) in [6.45, 7) is 25.7. The van der Waals surface area contributed by atoms with Crippen LogP contribution in [-0.4, -0.2) is 22.2 Å². The van der Waals surface area contributed by atoms with Gasteiger partial charge < -0.3 is 19.7 Å². The maximum Gasteiger partial charge on any atom is 0.343 e. The molecule has 0 heterocycles. The molecule has 0 radical (unpaired) electrons. The molecule has 0 spiro atoms. The van der Waals surface area contributed by atoms with Crippen molar-refractivity contribution >= 4 is 11.9 Å². The van der Waals surface area contributed by atoms with Crippen LogP contribution in [0.15, 0.2) is 97.1 Å². The molecule has 0 saturated carbocycles. The van der Waals surface area contributed by atoms with Crippen LogP contribution in [0, 0.1) is 24.7 Å². The number of phenolic OH excluding ortho intramolecular Hbond substituents is 2. The van der Waals surface area contributed by atoms with Crippen molar-refractivity contribution in [2.24, 2.45) is 0 Å². The first-order valence-electron chi connectivity index (χ1n) is 23.3. The van der Waals surface area contributed by atoms with E-state index in [9.17, 15) is 19.8 Å². The van der Waals surface area contributed by atoms with Crippen molar-refractivity contribution in [3.8, 4) is 47.7 Å². The van der Waals surface area contributed by atoms with Gasteiger partial charge in [-0.25, -0.2) is 9.59 Å². The van der Waals surface area contributed by atoms with Gasteiger partial charge in [0.15, 0.2) is 0 Å². The van der Waals surface area contributed by atoms with Crippen LogP contribution in [0.3, 0.4) is 0 Å². The van der Waals surface area contributed by atoms with E-state index in [1.54, 1.807) is 48.5 Å². The SMILES string of the molecule is C#Cc1ccc(C(=O)Oc2c3cc(C(C)(C)C)cc2Cc2cc(C(C)(C)C)cc(c2O)Cc2cc(C(C)(C)C)cc(c2OC(=O)c2ccc(C#C)cc2)Cc2cc(C(C)(C)C)cc(c2O)C3)cc1. The van der Waals surface area contributed by atoms with E-state index in [-0.39, 0.29) is 58.8 Å². The second-order valence-electron chi connectivity index (χ2n) is 22.5. The maximum absolute atomic E-state index is 14.3. The molecule has 68 heavy (non-hydrogen) atoms. The van der Waals surface area contributed by atoms with E-state index in [0.717, 1.165) is 22.3 Å². The molecule has 0 unspecified atom stereocenters. The summed E-state index contributed by atoms with van der Waals surface area (Å²) in [5.74, 6) is 5.03. The highest BCUT2D eigenvalue weighted by Crippen LogP contribution is 2.44. The van der Waals surface area contributed by atoms with Crippen LogP contribution in [0.5, 0.6) is 23.0 Å². The second kappa shape index (κ2) is 18.2. The van der Waals surface area contributed by atoms with Gasteiger partial charge in [-0.15, -0.1) is 12.8 Å². The van der Waals surface area contributed by atoms with E-state index in [1.807, 2.05) is 24.3 Å². The van der Waals surface area contributed by atoms with Crippen molar-refractivity contribution < 1.29 is 29.3 Å². The molecule has 0 aromatic heterocycles. The van der Waals surface area contributed by atoms with Gasteiger partial charge in [-0.2, -0.15) is 0 Å². The molecule has 1 aliphatic carbocycles. The second-order valence-corrected chi connectivity index (χ2v) is 22.5. The number of fused-ring (bicyclic) bond motifs is 8. The lowest BCUT2D eigenvalue weighted by Gasteiger charge is -2.28. The monoisotopic (exact) mass is 904 g/mol. The third-order valence-electron chi connectivity index (χ3n) is 13.0. The van der Waals surface area contributed by atoms with E-state index in [1.165, 1.54) is 0 Å². The van der Waals surface area contributed by atoms with Gasteiger partial charge in [-0.3, -0.25) is 0 Å². The Bertz CT molecular complexity index is 2730. The lowest BCUT2D eigenvalue weighted by atomic mass is 9.79. The molecule has 0 atom stereocenters. The Labute approximate surface area is 403 Å².